The lowest BCUT2D eigenvalue weighted by Crippen LogP contribution is -2.40. The number of nitrogens with zero attached hydrogens (tertiary/aromatic N) is 3. The van der Waals surface area contributed by atoms with Gasteiger partial charge in [0, 0.05) is 43.7 Å². The minimum atomic E-state index is -0.775. The van der Waals surface area contributed by atoms with Gasteiger partial charge in [0.2, 0.25) is 0 Å². The number of H-pyrrole nitrogens is 1. The molecule has 36 heavy (non-hydrogen) atoms. The van der Waals surface area contributed by atoms with Crippen molar-refractivity contribution in [2.24, 2.45) is 29.6 Å². The summed E-state index contributed by atoms with van der Waals surface area (Å²) in [4.78, 5) is 67.2. The molecule has 4 fully saturated rings. The summed E-state index contributed by atoms with van der Waals surface area (Å²) in [5.41, 5.74) is 0.252. The molecular formula is C26H34N4O6. The number of aliphatic carboxylic acids is 1. The predicted molar refractivity (Wildman–Crippen MR) is 131 cm³/mol. The number of carbonyl (C=O) groups is 3. The maximum absolute atomic E-state index is 12.8. The molecule has 6 unspecified atom stereocenters. The molecule has 4 bridgehead atoms. The molecular weight excluding hydrogens is 464 g/mol. The molecule has 0 saturated heterocycles. The Kier molecular flexibility index (Phi) is 6.46. The zero-order chi connectivity index (χ0) is 25.7. The number of carboxylic acids is 1. The Morgan fingerprint density at radius 3 is 2.03 bits per heavy atom. The first-order valence-corrected chi connectivity index (χ1v) is 13.3. The fourth-order valence-corrected chi connectivity index (χ4v) is 7.14. The average molecular weight is 499 g/mol. The van der Waals surface area contributed by atoms with E-state index in [9.17, 15) is 24.0 Å². The van der Waals surface area contributed by atoms with E-state index in [4.69, 9.17) is 5.11 Å². The van der Waals surface area contributed by atoms with Gasteiger partial charge in [0.25, 0.3) is 5.56 Å². The molecule has 10 nitrogen and oxygen atoms in total. The molecule has 194 valence electrons. The highest BCUT2D eigenvalue weighted by molar-refractivity contribution is 5.91. The molecule has 2 aromatic heterocycles. The van der Waals surface area contributed by atoms with Gasteiger partial charge in [0.1, 0.15) is 22.9 Å². The van der Waals surface area contributed by atoms with Crippen molar-refractivity contribution in [3.63, 3.8) is 0 Å². The maximum Gasteiger partial charge on any atom is 0.332 e. The van der Waals surface area contributed by atoms with Crippen LogP contribution in [0.3, 0.4) is 0 Å². The number of aryl methyl sites for hydroxylation is 1. The summed E-state index contributed by atoms with van der Waals surface area (Å²) in [5.74, 6) is 0.517. The van der Waals surface area contributed by atoms with Crippen molar-refractivity contribution < 1.29 is 19.5 Å². The number of fused-ring (bicyclic) bond motifs is 5. The molecule has 0 amide bonds. The summed E-state index contributed by atoms with van der Waals surface area (Å²) in [6, 6.07) is 0. The lowest BCUT2D eigenvalue weighted by Gasteiger charge is -2.10. The number of aromatic nitrogens is 4. The molecule has 4 aliphatic rings. The second kappa shape index (κ2) is 9.44. The van der Waals surface area contributed by atoms with E-state index in [2.05, 4.69) is 9.97 Å². The number of ketones is 2. The Hall–Kier alpha value is -3.04. The minimum Gasteiger partial charge on any atom is -0.481 e. The normalized spacial score (nSPS) is 30.3. The van der Waals surface area contributed by atoms with Gasteiger partial charge in [-0.05, 0) is 50.4 Å². The standard InChI is InChI=1S/C18H24N4O3.C8H10O3/c1-3-7-21-16-14(17(24)22(8-4-2)18(21)25)19-15(20-16)13-10-5-6-11(13)12(23)9-10;9-6-3-4-1-2-5(6)7(4)8(10)11/h10-11,13H,3-9H2,1-2H3,(H,19,20);4-5,7H,1-3H2,(H,10,11). The fourth-order valence-electron chi connectivity index (χ4n) is 7.14. The van der Waals surface area contributed by atoms with Crippen LogP contribution in [0.25, 0.3) is 11.2 Å². The first-order chi connectivity index (χ1) is 17.3. The molecule has 2 N–H and O–H groups in total. The second-order valence-corrected chi connectivity index (χ2v) is 10.8. The molecule has 6 atom stereocenters. The molecule has 2 heterocycles. The molecule has 0 spiro atoms. The van der Waals surface area contributed by atoms with Crippen LogP contribution in [0.1, 0.15) is 77.0 Å². The Bertz CT molecular complexity index is 1340. The van der Waals surface area contributed by atoms with E-state index >= 15 is 0 Å². The van der Waals surface area contributed by atoms with E-state index in [-0.39, 0.29) is 46.6 Å². The number of rotatable bonds is 6. The Balaban J connectivity index is 0.000000202. The summed E-state index contributed by atoms with van der Waals surface area (Å²) in [6.07, 6.45) is 6.33. The Morgan fingerprint density at radius 1 is 0.917 bits per heavy atom. The van der Waals surface area contributed by atoms with Crippen LogP contribution in [0.5, 0.6) is 0 Å². The number of Topliss-reactive ketones (excluding diaryl/α,β-unsaturated/α-hetero) is 2. The van der Waals surface area contributed by atoms with Crippen molar-refractivity contribution in [1.82, 2.24) is 19.1 Å². The predicted octanol–water partition coefficient (Wildman–Crippen LogP) is 2.48. The van der Waals surface area contributed by atoms with Crippen LogP contribution in [0.4, 0.5) is 0 Å². The minimum absolute atomic E-state index is 0.0229. The summed E-state index contributed by atoms with van der Waals surface area (Å²) in [6.45, 7) is 4.87. The van der Waals surface area contributed by atoms with Gasteiger partial charge in [0.05, 0.1) is 5.92 Å². The third kappa shape index (κ3) is 3.85. The smallest absolute Gasteiger partial charge is 0.332 e. The van der Waals surface area contributed by atoms with E-state index in [1.54, 1.807) is 4.57 Å². The van der Waals surface area contributed by atoms with Gasteiger partial charge < -0.3 is 10.1 Å². The van der Waals surface area contributed by atoms with E-state index in [1.165, 1.54) is 4.57 Å². The van der Waals surface area contributed by atoms with Crippen LogP contribution in [0.15, 0.2) is 9.59 Å². The Labute approximate surface area is 208 Å². The molecule has 0 aliphatic heterocycles. The molecule has 4 aliphatic carbocycles. The summed E-state index contributed by atoms with van der Waals surface area (Å²) < 4.78 is 2.90. The van der Waals surface area contributed by atoms with Crippen LogP contribution in [0.2, 0.25) is 0 Å². The number of carbonyl (C=O) groups excluding carboxylic acids is 2. The van der Waals surface area contributed by atoms with Crippen molar-refractivity contribution in [1.29, 1.82) is 0 Å². The average Bonchev–Trinajstić information content (AvgIpc) is 3.64. The van der Waals surface area contributed by atoms with Crippen molar-refractivity contribution in [2.45, 2.75) is 84.2 Å². The van der Waals surface area contributed by atoms with E-state index in [0.717, 1.165) is 38.5 Å². The monoisotopic (exact) mass is 498 g/mol. The van der Waals surface area contributed by atoms with Crippen LogP contribution >= 0.6 is 0 Å². The summed E-state index contributed by atoms with van der Waals surface area (Å²) >= 11 is 0. The van der Waals surface area contributed by atoms with Gasteiger partial charge in [-0.15, -0.1) is 0 Å². The van der Waals surface area contributed by atoms with Gasteiger partial charge in [-0.1, -0.05) is 13.8 Å². The highest BCUT2D eigenvalue weighted by Crippen LogP contribution is 2.52. The SMILES string of the molecule is CCCn1c(=O)c2[nH]c(C3C4CCC3C(=O)C4)nc2n(CCC)c1=O.O=C1CC2CCC1C2C(=O)O. The van der Waals surface area contributed by atoms with Crippen molar-refractivity contribution in [3.05, 3.63) is 26.7 Å². The highest BCUT2D eigenvalue weighted by atomic mass is 16.4. The lowest BCUT2D eigenvalue weighted by molar-refractivity contribution is -0.144. The zero-order valence-electron chi connectivity index (χ0n) is 20.9. The van der Waals surface area contributed by atoms with Crippen LogP contribution in [-0.4, -0.2) is 41.7 Å². The lowest BCUT2D eigenvalue weighted by atomic mass is 9.97. The number of aromatic amines is 1. The summed E-state index contributed by atoms with van der Waals surface area (Å²) in [5, 5.41) is 8.76. The topological polar surface area (TPSA) is 144 Å². The summed E-state index contributed by atoms with van der Waals surface area (Å²) in [7, 11) is 0. The molecule has 0 radical (unpaired) electrons. The number of carboxylic acid groups (broad SMARTS) is 1. The molecule has 10 heteroatoms. The van der Waals surface area contributed by atoms with E-state index < -0.39 is 5.97 Å². The van der Waals surface area contributed by atoms with Crippen molar-refractivity contribution >= 4 is 28.7 Å². The molecule has 2 aromatic rings. The number of imidazole rings is 1. The first-order valence-electron chi connectivity index (χ1n) is 13.3. The zero-order valence-corrected chi connectivity index (χ0v) is 20.9. The van der Waals surface area contributed by atoms with Crippen LogP contribution in [-0.2, 0) is 27.5 Å². The Morgan fingerprint density at radius 2 is 1.53 bits per heavy atom. The number of hydrogen-bond donors (Lipinski definition) is 2. The maximum atomic E-state index is 12.8. The third-order valence-electron chi connectivity index (χ3n) is 8.71. The quantitative estimate of drug-likeness (QED) is 0.622. The third-order valence-corrected chi connectivity index (χ3v) is 8.71. The van der Waals surface area contributed by atoms with E-state index in [0.29, 0.717) is 54.6 Å². The van der Waals surface area contributed by atoms with Crippen molar-refractivity contribution in [2.75, 3.05) is 0 Å². The second-order valence-electron chi connectivity index (χ2n) is 10.8. The van der Waals surface area contributed by atoms with Gasteiger partial charge in [0.15, 0.2) is 5.65 Å². The number of nitrogens with one attached hydrogen (secondary N) is 1. The molecule has 4 saturated carbocycles. The van der Waals surface area contributed by atoms with Gasteiger partial charge in [-0.3, -0.25) is 28.3 Å². The fraction of sp³-hybridized carbons (Fsp3) is 0.692. The molecule has 0 aromatic carbocycles. The highest BCUT2D eigenvalue weighted by Gasteiger charge is 2.51. The largest absolute Gasteiger partial charge is 0.481 e. The van der Waals surface area contributed by atoms with Crippen LogP contribution < -0.4 is 11.2 Å². The number of hydrogen-bond acceptors (Lipinski definition) is 6. The van der Waals surface area contributed by atoms with Crippen LogP contribution in [0, 0.1) is 29.6 Å². The molecule has 6 rings (SSSR count). The first kappa shape index (κ1) is 24.6. The van der Waals surface area contributed by atoms with E-state index in [1.807, 2.05) is 13.8 Å². The van der Waals surface area contributed by atoms with Gasteiger partial charge >= 0.3 is 11.7 Å². The van der Waals surface area contributed by atoms with Crippen molar-refractivity contribution in [3.8, 4) is 0 Å². The van der Waals surface area contributed by atoms with Gasteiger partial charge in [-0.25, -0.2) is 9.78 Å². The van der Waals surface area contributed by atoms with Gasteiger partial charge in [-0.2, -0.15) is 0 Å².